The highest BCUT2D eigenvalue weighted by Gasteiger charge is 2.18. The molecule has 1 saturated heterocycles. The van der Waals surface area contributed by atoms with Crippen LogP contribution in [0.1, 0.15) is 12.1 Å². The second kappa shape index (κ2) is 6.05. The van der Waals surface area contributed by atoms with E-state index in [1.165, 1.54) is 6.42 Å². The molecule has 3 nitrogen and oxygen atoms in total. The van der Waals surface area contributed by atoms with Gasteiger partial charge in [0.25, 0.3) is 0 Å². The zero-order valence-corrected chi connectivity index (χ0v) is 9.83. The van der Waals surface area contributed by atoms with Crippen LogP contribution < -0.4 is 5.32 Å². The van der Waals surface area contributed by atoms with Crippen LogP contribution in [0, 0.1) is 0 Å². The predicted octanol–water partition coefficient (Wildman–Crippen LogP) is 1.30. The molecule has 1 aromatic rings. The van der Waals surface area contributed by atoms with Crippen LogP contribution in [0.15, 0.2) is 24.4 Å². The van der Waals surface area contributed by atoms with Crippen molar-refractivity contribution >= 4 is 12.4 Å². The maximum absolute atomic E-state index is 4.33. The summed E-state index contributed by atoms with van der Waals surface area (Å²) in [5.41, 5.74) is 1.15. The van der Waals surface area contributed by atoms with Crippen LogP contribution in [0.2, 0.25) is 0 Å². The standard InChI is InChI=1S/C11H17N3.ClH/c1-14(11-5-7-12-8-11)9-10-4-2-3-6-13-10;/h2-4,6,11-12H,5,7-9H2,1H3;1H/t11-;/m0./s1. The SMILES string of the molecule is CN(Cc1ccccn1)[C@H]1CCNC1.Cl. The molecule has 1 aliphatic rings. The van der Waals surface area contributed by atoms with E-state index in [1.807, 2.05) is 18.3 Å². The lowest BCUT2D eigenvalue weighted by atomic mass is 10.2. The minimum absolute atomic E-state index is 0. The predicted molar refractivity (Wildman–Crippen MR) is 64.2 cm³/mol. The lowest BCUT2D eigenvalue weighted by molar-refractivity contribution is 0.246. The Bertz CT molecular complexity index is 272. The molecule has 0 aliphatic carbocycles. The molecule has 2 heterocycles. The van der Waals surface area contributed by atoms with Gasteiger partial charge in [-0.25, -0.2) is 0 Å². The first-order valence-corrected chi connectivity index (χ1v) is 5.17. The topological polar surface area (TPSA) is 28.2 Å². The van der Waals surface area contributed by atoms with Crippen molar-refractivity contribution < 1.29 is 0 Å². The van der Waals surface area contributed by atoms with Gasteiger partial charge in [0.05, 0.1) is 5.69 Å². The number of pyridine rings is 1. The molecule has 1 fully saturated rings. The summed E-state index contributed by atoms with van der Waals surface area (Å²) in [4.78, 5) is 6.71. The van der Waals surface area contributed by atoms with Crippen molar-refractivity contribution in [3.05, 3.63) is 30.1 Å². The quantitative estimate of drug-likeness (QED) is 0.844. The van der Waals surface area contributed by atoms with Crippen molar-refractivity contribution in [1.29, 1.82) is 0 Å². The van der Waals surface area contributed by atoms with Crippen molar-refractivity contribution in [3.63, 3.8) is 0 Å². The van der Waals surface area contributed by atoms with Crippen LogP contribution in [0.3, 0.4) is 0 Å². The second-order valence-corrected chi connectivity index (χ2v) is 3.88. The van der Waals surface area contributed by atoms with Crippen LogP contribution in [-0.4, -0.2) is 36.1 Å². The number of hydrogen-bond acceptors (Lipinski definition) is 3. The zero-order valence-electron chi connectivity index (χ0n) is 9.02. The Labute approximate surface area is 97.3 Å². The third-order valence-electron chi connectivity index (χ3n) is 2.80. The molecule has 84 valence electrons. The van der Waals surface area contributed by atoms with Crippen molar-refractivity contribution in [2.24, 2.45) is 0 Å². The van der Waals surface area contributed by atoms with Crippen molar-refractivity contribution in [1.82, 2.24) is 15.2 Å². The first-order chi connectivity index (χ1) is 6.86. The molecule has 1 atom stereocenters. The largest absolute Gasteiger partial charge is 0.315 e. The van der Waals surface area contributed by atoms with Gasteiger partial charge in [-0.3, -0.25) is 9.88 Å². The summed E-state index contributed by atoms with van der Waals surface area (Å²) in [6.07, 6.45) is 3.11. The Morgan fingerprint density at radius 1 is 1.53 bits per heavy atom. The van der Waals surface area contributed by atoms with E-state index < -0.39 is 0 Å². The molecule has 0 bridgehead atoms. The highest BCUT2D eigenvalue weighted by Crippen LogP contribution is 2.09. The molecular formula is C11H18ClN3. The fourth-order valence-corrected chi connectivity index (χ4v) is 1.89. The van der Waals surface area contributed by atoms with Gasteiger partial charge in [-0.1, -0.05) is 6.07 Å². The van der Waals surface area contributed by atoms with E-state index in [0.29, 0.717) is 6.04 Å². The summed E-state index contributed by atoms with van der Waals surface area (Å²) < 4.78 is 0. The van der Waals surface area contributed by atoms with E-state index in [2.05, 4.69) is 28.3 Å². The zero-order chi connectivity index (χ0) is 9.80. The van der Waals surface area contributed by atoms with Gasteiger partial charge in [0.15, 0.2) is 0 Å². The monoisotopic (exact) mass is 227 g/mol. The van der Waals surface area contributed by atoms with Crippen LogP contribution in [0.25, 0.3) is 0 Å². The summed E-state index contributed by atoms with van der Waals surface area (Å²) in [6.45, 7) is 3.22. The summed E-state index contributed by atoms with van der Waals surface area (Å²) >= 11 is 0. The van der Waals surface area contributed by atoms with E-state index in [4.69, 9.17) is 0 Å². The Kier molecular flexibility index (Phi) is 5.02. The van der Waals surface area contributed by atoms with Gasteiger partial charge in [0, 0.05) is 25.3 Å². The van der Waals surface area contributed by atoms with E-state index in [1.54, 1.807) is 0 Å². The molecular weight excluding hydrogens is 210 g/mol. The van der Waals surface area contributed by atoms with Crippen LogP contribution >= 0.6 is 12.4 Å². The Balaban J connectivity index is 0.00000112. The molecule has 0 radical (unpaired) electrons. The molecule has 0 aromatic carbocycles. The van der Waals surface area contributed by atoms with Gasteiger partial charge >= 0.3 is 0 Å². The lowest BCUT2D eigenvalue weighted by Crippen LogP contribution is -2.33. The molecule has 1 N–H and O–H groups in total. The van der Waals surface area contributed by atoms with Crippen LogP contribution in [-0.2, 0) is 6.54 Å². The van der Waals surface area contributed by atoms with Gasteiger partial charge in [-0.15, -0.1) is 12.4 Å². The smallest absolute Gasteiger partial charge is 0.0543 e. The molecule has 4 heteroatoms. The van der Waals surface area contributed by atoms with Crippen LogP contribution in [0.4, 0.5) is 0 Å². The lowest BCUT2D eigenvalue weighted by Gasteiger charge is -2.22. The first-order valence-electron chi connectivity index (χ1n) is 5.17. The van der Waals surface area contributed by atoms with E-state index in [0.717, 1.165) is 25.3 Å². The van der Waals surface area contributed by atoms with Crippen LogP contribution in [0.5, 0.6) is 0 Å². The summed E-state index contributed by atoms with van der Waals surface area (Å²) in [5, 5.41) is 3.38. The summed E-state index contributed by atoms with van der Waals surface area (Å²) in [5.74, 6) is 0. The molecule has 15 heavy (non-hydrogen) atoms. The number of hydrogen-bond donors (Lipinski definition) is 1. The highest BCUT2D eigenvalue weighted by atomic mass is 35.5. The van der Waals surface area contributed by atoms with Gasteiger partial charge in [-0.2, -0.15) is 0 Å². The summed E-state index contributed by atoms with van der Waals surface area (Å²) in [6, 6.07) is 6.76. The number of likely N-dealkylation sites (N-methyl/N-ethyl adjacent to an activating group) is 1. The third-order valence-corrected chi connectivity index (χ3v) is 2.80. The average Bonchev–Trinajstić information content (AvgIpc) is 2.72. The van der Waals surface area contributed by atoms with Gasteiger partial charge in [-0.05, 0) is 32.1 Å². The fourth-order valence-electron chi connectivity index (χ4n) is 1.89. The Hall–Kier alpha value is -0.640. The number of nitrogens with zero attached hydrogens (tertiary/aromatic N) is 2. The first kappa shape index (κ1) is 12.4. The normalized spacial score (nSPS) is 20.3. The van der Waals surface area contributed by atoms with E-state index in [9.17, 15) is 0 Å². The average molecular weight is 228 g/mol. The molecule has 0 unspecified atom stereocenters. The highest BCUT2D eigenvalue weighted by molar-refractivity contribution is 5.85. The third kappa shape index (κ3) is 3.45. The van der Waals surface area contributed by atoms with Gasteiger partial charge in [0.1, 0.15) is 0 Å². The maximum atomic E-state index is 4.33. The molecule has 1 aromatic heterocycles. The number of rotatable bonds is 3. The minimum Gasteiger partial charge on any atom is -0.315 e. The van der Waals surface area contributed by atoms with E-state index >= 15 is 0 Å². The molecule has 0 amide bonds. The van der Waals surface area contributed by atoms with Crippen molar-refractivity contribution in [2.75, 3.05) is 20.1 Å². The molecule has 0 spiro atoms. The Morgan fingerprint density at radius 3 is 3.00 bits per heavy atom. The Morgan fingerprint density at radius 2 is 2.40 bits per heavy atom. The van der Waals surface area contributed by atoms with Crippen molar-refractivity contribution in [3.8, 4) is 0 Å². The molecule has 2 rings (SSSR count). The minimum atomic E-state index is 0. The van der Waals surface area contributed by atoms with E-state index in [-0.39, 0.29) is 12.4 Å². The molecule has 0 saturated carbocycles. The maximum Gasteiger partial charge on any atom is 0.0543 e. The summed E-state index contributed by atoms with van der Waals surface area (Å²) in [7, 11) is 2.17. The molecule has 1 aliphatic heterocycles. The number of halogens is 1. The second-order valence-electron chi connectivity index (χ2n) is 3.88. The number of nitrogens with one attached hydrogen (secondary N) is 1. The number of aromatic nitrogens is 1. The van der Waals surface area contributed by atoms with Gasteiger partial charge in [0.2, 0.25) is 0 Å². The van der Waals surface area contributed by atoms with Gasteiger partial charge < -0.3 is 5.32 Å². The fraction of sp³-hybridized carbons (Fsp3) is 0.545. The van der Waals surface area contributed by atoms with Crippen molar-refractivity contribution in [2.45, 2.75) is 19.0 Å².